The van der Waals surface area contributed by atoms with Gasteiger partial charge < -0.3 is 5.32 Å². The Balaban J connectivity index is 1.78. The van der Waals surface area contributed by atoms with Crippen molar-refractivity contribution in [3.05, 3.63) is 0 Å². The molecule has 0 aromatic heterocycles. The summed E-state index contributed by atoms with van der Waals surface area (Å²) in [6.07, 6.45) is 8.98. The van der Waals surface area contributed by atoms with E-state index in [1.165, 1.54) is 25.9 Å². The zero-order valence-corrected chi connectivity index (χ0v) is 6.19. The highest BCUT2D eigenvalue weighted by molar-refractivity contribution is 5.05. The smallest absolute Gasteiger partial charge is 0.0115 e. The van der Waals surface area contributed by atoms with Crippen LogP contribution in [0.25, 0.3) is 0 Å². The van der Waals surface area contributed by atoms with Crippen LogP contribution < -0.4 is 5.32 Å². The number of hydrogen-bond donors (Lipinski definition) is 1. The van der Waals surface area contributed by atoms with Crippen LogP contribution in [0.2, 0.25) is 0 Å². The Morgan fingerprint density at radius 1 is 1.50 bits per heavy atom. The number of hydrogen-bond acceptors (Lipinski definition) is 1. The third kappa shape index (κ3) is 0.759. The summed E-state index contributed by atoms with van der Waals surface area (Å²) in [5.41, 5.74) is 0.710. The molecule has 2 fully saturated rings. The molecule has 1 saturated heterocycles. The summed E-state index contributed by atoms with van der Waals surface area (Å²) < 4.78 is 0. The molecule has 0 unspecified atom stereocenters. The van der Waals surface area contributed by atoms with Crippen LogP contribution in [-0.4, -0.2) is 13.1 Å². The van der Waals surface area contributed by atoms with Crippen LogP contribution in [0.3, 0.4) is 0 Å². The molecule has 1 saturated carbocycles. The van der Waals surface area contributed by atoms with Gasteiger partial charge in [-0.1, -0.05) is 0 Å². The second-order valence-corrected chi connectivity index (χ2v) is 3.79. The highest BCUT2D eigenvalue weighted by atomic mass is 15.0. The molecule has 10 heavy (non-hydrogen) atoms. The van der Waals surface area contributed by atoms with E-state index in [0.29, 0.717) is 5.41 Å². The lowest BCUT2D eigenvalue weighted by atomic mass is 9.58. The lowest BCUT2D eigenvalue weighted by Gasteiger charge is -2.54. The van der Waals surface area contributed by atoms with Gasteiger partial charge in [-0.05, 0) is 24.2 Å². The quantitative estimate of drug-likeness (QED) is 0.529. The Kier molecular flexibility index (Phi) is 1.25. The van der Waals surface area contributed by atoms with Crippen LogP contribution in [0.5, 0.6) is 0 Å². The molecule has 0 aromatic carbocycles. The van der Waals surface area contributed by atoms with Crippen LogP contribution in [0, 0.1) is 23.7 Å². The zero-order valence-electron chi connectivity index (χ0n) is 6.19. The van der Waals surface area contributed by atoms with Gasteiger partial charge in [-0.15, -0.1) is 12.3 Å². The third-order valence-corrected chi connectivity index (χ3v) is 2.85. The van der Waals surface area contributed by atoms with E-state index in [1.807, 2.05) is 0 Å². The van der Waals surface area contributed by atoms with Crippen LogP contribution in [-0.2, 0) is 0 Å². The average molecular weight is 135 g/mol. The van der Waals surface area contributed by atoms with Gasteiger partial charge in [0.15, 0.2) is 0 Å². The Labute approximate surface area is 62.2 Å². The van der Waals surface area contributed by atoms with Gasteiger partial charge in [0, 0.05) is 19.5 Å². The van der Waals surface area contributed by atoms with E-state index in [0.717, 1.165) is 12.3 Å². The largest absolute Gasteiger partial charge is 0.316 e. The maximum atomic E-state index is 5.22. The maximum Gasteiger partial charge on any atom is 0.0115 e. The predicted molar refractivity (Wildman–Crippen MR) is 41.5 cm³/mol. The van der Waals surface area contributed by atoms with Crippen molar-refractivity contribution in [2.45, 2.75) is 19.3 Å². The van der Waals surface area contributed by atoms with Crippen molar-refractivity contribution >= 4 is 0 Å². The molecule has 2 aliphatic rings. The van der Waals surface area contributed by atoms with Crippen molar-refractivity contribution in [3.63, 3.8) is 0 Å². The highest BCUT2D eigenvalue weighted by Gasteiger charge is 2.47. The second-order valence-electron chi connectivity index (χ2n) is 3.79. The minimum atomic E-state index is 0.710. The Morgan fingerprint density at radius 2 is 2.20 bits per heavy atom. The molecule has 1 aliphatic heterocycles. The normalized spacial score (nSPS) is 28.7. The van der Waals surface area contributed by atoms with Crippen LogP contribution in [0.1, 0.15) is 19.3 Å². The summed E-state index contributed by atoms with van der Waals surface area (Å²) in [4.78, 5) is 0. The van der Waals surface area contributed by atoms with Gasteiger partial charge in [0.2, 0.25) is 0 Å². The summed E-state index contributed by atoms with van der Waals surface area (Å²) in [5, 5.41) is 3.31. The third-order valence-electron chi connectivity index (χ3n) is 2.85. The summed E-state index contributed by atoms with van der Waals surface area (Å²) in [7, 11) is 0. The van der Waals surface area contributed by atoms with Gasteiger partial charge in [0.25, 0.3) is 0 Å². The van der Waals surface area contributed by atoms with Crippen LogP contribution >= 0.6 is 0 Å². The predicted octanol–water partition coefficient (Wildman–Crippen LogP) is 1.01. The van der Waals surface area contributed by atoms with Crippen LogP contribution in [0.4, 0.5) is 0 Å². The summed E-state index contributed by atoms with van der Waals surface area (Å²) in [5.74, 6) is 3.59. The van der Waals surface area contributed by atoms with Gasteiger partial charge in [-0.3, -0.25) is 0 Å². The van der Waals surface area contributed by atoms with Crippen molar-refractivity contribution in [3.8, 4) is 12.3 Å². The lowest BCUT2D eigenvalue weighted by molar-refractivity contribution is 0.00308. The molecule has 0 bridgehead atoms. The fraction of sp³-hybridized carbons (Fsp3) is 0.778. The Hall–Kier alpha value is -0.480. The SMILES string of the molecule is C#CCC1CC2(CNC2)C1. The molecule has 1 spiro atoms. The Morgan fingerprint density at radius 3 is 2.60 bits per heavy atom. The van der Waals surface area contributed by atoms with Gasteiger partial charge in [-0.25, -0.2) is 0 Å². The van der Waals surface area contributed by atoms with E-state index in [1.54, 1.807) is 0 Å². The summed E-state index contributed by atoms with van der Waals surface area (Å²) >= 11 is 0. The van der Waals surface area contributed by atoms with E-state index in [-0.39, 0.29) is 0 Å². The average Bonchev–Trinajstić information content (AvgIpc) is 1.72. The van der Waals surface area contributed by atoms with Gasteiger partial charge in [-0.2, -0.15) is 0 Å². The molecule has 0 aromatic rings. The second kappa shape index (κ2) is 2.00. The van der Waals surface area contributed by atoms with Crippen molar-refractivity contribution in [1.82, 2.24) is 5.32 Å². The number of terminal acetylenes is 1. The molecule has 1 heterocycles. The Bertz CT molecular complexity index is 166. The first-order chi connectivity index (χ1) is 4.85. The zero-order chi connectivity index (χ0) is 7.03. The molecular formula is C9H13N. The van der Waals surface area contributed by atoms with E-state index in [2.05, 4.69) is 11.2 Å². The number of rotatable bonds is 1. The number of nitrogens with one attached hydrogen (secondary N) is 1. The van der Waals surface area contributed by atoms with Crippen molar-refractivity contribution in [2.75, 3.05) is 13.1 Å². The molecule has 0 atom stereocenters. The molecule has 1 aliphatic carbocycles. The monoisotopic (exact) mass is 135 g/mol. The van der Waals surface area contributed by atoms with E-state index < -0.39 is 0 Å². The van der Waals surface area contributed by atoms with Crippen molar-refractivity contribution in [2.24, 2.45) is 11.3 Å². The molecule has 2 rings (SSSR count). The maximum absolute atomic E-state index is 5.22. The molecule has 1 heteroatoms. The van der Waals surface area contributed by atoms with E-state index in [4.69, 9.17) is 6.42 Å². The van der Waals surface area contributed by atoms with Crippen LogP contribution in [0.15, 0.2) is 0 Å². The first-order valence-electron chi connectivity index (χ1n) is 3.99. The lowest BCUT2D eigenvalue weighted by Crippen LogP contribution is -2.60. The molecule has 54 valence electrons. The topological polar surface area (TPSA) is 12.0 Å². The van der Waals surface area contributed by atoms with E-state index >= 15 is 0 Å². The molecule has 0 radical (unpaired) electrons. The van der Waals surface area contributed by atoms with Crippen molar-refractivity contribution in [1.29, 1.82) is 0 Å². The highest BCUT2D eigenvalue weighted by Crippen LogP contribution is 2.49. The fourth-order valence-corrected chi connectivity index (χ4v) is 2.24. The standard InChI is InChI=1S/C9H13N/c1-2-3-8-4-9(5-8)6-10-7-9/h1,8,10H,3-7H2. The summed E-state index contributed by atoms with van der Waals surface area (Å²) in [6.45, 7) is 2.49. The van der Waals surface area contributed by atoms with Gasteiger partial charge >= 0.3 is 0 Å². The first kappa shape index (κ1) is 6.24. The van der Waals surface area contributed by atoms with Gasteiger partial charge in [0.1, 0.15) is 0 Å². The molecule has 1 nitrogen and oxygen atoms in total. The minimum Gasteiger partial charge on any atom is -0.316 e. The molecule has 1 N–H and O–H groups in total. The summed E-state index contributed by atoms with van der Waals surface area (Å²) in [6, 6.07) is 0. The molecular weight excluding hydrogens is 122 g/mol. The molecule has 0 amide bonds. The van der Waals surface area contributed by atoms with Crippen molar-refractivity contribution < 1.29 is 0 Å². The van der Waals surface area contributed by atoms with E-state index in [9.17, 15) is 0 Å². The fourth-order valence-electron chi connectivity index (χ4n) is 2.24. The van der Waals surface area contributed by atoms with Gasteiger partial charge in [0.05, 0.1) is 0 Å². The first-order valence-corrected chi connectivity index (χ1v) is 3.99. The minimum absolute atomic E-state index is 0.710.